The van der Waals surface area contributed by atoms with E-state index in [4.69, 9.17) is 4.74 Å². The number of nitrogens with one attached hydrogen (secondary N) is 1. The molecule has 0 radical (unpaired) electrons. The predicted molar refractivity (Wildman–Crippen MR) is 84.7 cm³/mol. The Labute approximate surface area is 132 Å². The summed E-state index contributed by atoms with van der Waals surface area (Å²) in [6, 6.07) is 8.80. The summed E-state index contributed by atoms with van der Waals surface area (Å²) in [5.41, 5.74) is 2.29. The van der Waals surface area contributed by atoms with Gasteiger partial charge in [0, 0.05) is 25.2 Å². The molecule has 3 atom stereocenters. The van der Waals surface area contributed by atoms with Gasteiger partial charge in [0.1, 0.15) is 0 Å². The third-order valence-electron chi connectivity index (χ3n) is 4.09. The van der Waals surface area contributed by atoms with Crippen molar-refractivity contribution in [3.05, 3.63) is 35.4 Å². The molecule has 0 bridgehead atoms. The molecule has 2 aliphatic rings. The van der Waals surface area contributed by atoms with Crippen molar-refractivity contribution in [1.82, 2.24) is 10.2 Å². The molecule has 1 fully saturated rings. The molecule has 1 saturated heterocycles. The summed E-state index contributed by atoms with van der Waals surface area (Å²) in [6.45, 7) is 6.37. The Bertz CT molecular complexity index is 499. The lowest BCUT2D eigenvalue weighted by Crippen LogP contribution is -2.57. The molecule has 21 heavy (non-hydrogen) atoms. The van der Waals surface area contributed by atoms with Crippen LogP contribution in [0.2, 0.25) is 0 Å². The van der Waals surface area contributed by atoms with Gasteiger partial charge in [-0.1, -0.05) is 24.3 Å². The highest BCUT2D eigenvalue weighted by atomic mass is 35.5. The number of ether oxygens (including phenoxy) is 1. The molecule has 3 unspecified atom stereocenters. The number of nitrogens with zero attached hydrogens (tertiary/aromatic N) is 1. The summed E-state index contributed by atoms with van der Waals surface area (Å²) in [5.74, 6) is 0.109. The molecule has 4 nitrogen and oxygen atoms in total. The lowest BCUT2D eigenvalue weighted by Gasteiger charge is -2.38. The summed E-state index contributed by atoms with van der Waals surface area (Å²) < 4.78 is 5.78. The molecule has 2 heterocycles. The first kappa shape index (κ1) is 16.3. The zero-order valence-corrected chi connectivity index (χ0v) is 13.4. The Morgan fingerprint density at radius 3 is 2.62 bits per heavy atom. The Balaban J connectivity index is 0.00000161. The van der Waals surface area contributed by atoms with Crippen molar-refractivity contribution >= 4 is 18.3 Å². The van der Waals surface area contributed by atoms with Gasteiger partial charge in [0.05, 0.1) is 6.61 Å². The monoisotopic (exact) mass is 310 g/mol. The number of amides is 1. The van der Waals surface area contributed by atoms with Gasteiger partial charge in [0.2, 0.25) is 0 Å². The van der Waals surface area contributed by atoms with Gasteiger partial charge in [0.15, 0.2) is 6.10 Å². The Kier molecular flexibility index (Phi) is 5.25. The fraction of sp³-hybridized carbons (Fsp3) is 0.562. The second-order valence-electron chi connectivity index (χ2n) is 5.91. The van der Waals surface area contributed by atoms with Crippen LogP contribution in [0.1, 0.15) is 31.1 Å². The van der Waals surface area contributed by atoms with Crippen LogP contribution in [-0.4, -0.2) is 42.6 Å². The van der Waals surface area contributed by atoms with Gasteiger partial charge in [-0.05, 0) is 31.4 Å². The highest BCUT2D eigenvalue weighted by Crippen LogP contribution is 2.29. The molecule has 0 aromatic heterocycles. The van der Waals surface area contributed by atoms with Crippen LogP contribution in [0, 0.1) is 0 Å². The van der Waals surface area contributed by atoms with Crippen molar-refractivity contribution in [3.8, 4) is 0 Å². The maximum Gasteiger partial charge on any atom is 0.256 e. The van der Waals surface area contributed by atoms with Gasteiger partial charge >= 0.3 is 0 Å². The number of rotatable bonds is 1. The highest BCUT2D eigenvalue weighted by Gasteiger charge is 2.33. The number of hydrogen-bond acceptors (Lipinski definition) is 3. The second-order valence-corrected chi connectivity index (χ2v) is 5.91. The number of halogens is 1. The predicted octanol–water partition coefficient (Wildman–Crippen LogP) is 1.93. The molecule has 3 rings (SSSR count). The Morgan fingerprint density at radius 1 is 1.24 bits per heavy atom. The van der Waals surface area contributed by atoms with Crippen molar-refractivity contribution in [2.24, 2.45) is 0 Å². The number of hydrogen-bond donors (Lipinski definition) is 1. The fourth-order valence-electron chi connectivity index (χ4n) is 3.27. The number of benzene rings is 1. The fourth-order valence-corrected chi connectivity index (χ4v) is 3.27. The summed E-state index contributed by atoms with van der Waals surface area (Å²) in [6.07, 6.45) is 0.478. The Hall–Kier alpha value is -1.10. The van der Waals surface area contributed by atoms with E-state index in [2.05, 4.69) is 25.2 Å². The van der Waals surface area contributed by atoms with Crippen molar-refractivity contribution < 1.29 is 9.53 Å². The van der Waals surface area contributed by atoms with Crippen LogP contribution < -0.4 is 5.32 Å². The van der Waals surface area contributed by atoms with Gasteiger partial charge in [-0.25, -0.2) is 0 Å². The van der Waals surface area contributed by atoms with E-state index in [1.165, 1.54) is 5.56 Å². The first-order valence-electron chi connectivity index (χ1n) is 7.39. The van der Waals surface area contributed by atoms with Gasteiger partial charge in [0.25, 0.3) is 5.91 Å². The SMILES string of the molecule is CC1CN(C(=O)C2OCCc3ccccc32)CC(C)N1.Cl. The average Bonchev–Trinajstić information content (AvgIpc) is 2.45. The number of carbonyl (C=O) groups is 1. The molecule has 0 saturated carbocycles. The van der Waals surface area contributed by atoms with Crippen LogP contribution in [0.3, 0.4) is 0 Å². The van der Waals surface area contributed by atoms with E-state index in [1.54, 1.807) is 0 Å². The van der Waals surface area contributed by atoms with Gasteiger partial charge in [-0.2, -0.15) is 0 Å². The van der Waals surface area contributed by atoms with Gasteiger partial charge in [-0.3, -0.25) is 4.79 Å². The molecule has 1 aromatic rings. The molecule has 0 aliphatic carbocycles. The normalized spacial score (nSPS) is 28.5. The third kappa shape index (κ3) is 3.39. The minimum atomic E-state index is -0.419. The van der Waals surface area contributed by atoms with Gasteiger partial charge in [-0.15, -0.1) is 12.4 Å². The molecule has 1 amide bonds. The zero-order chi connectivity index (χ0) is 14.1. The standard InChI is InChI=1S/C16H22N2O2.ClH/c1-11-9-18(10-12(2)17-11)16(19)15-14-6-4-3-5-13(14)7-8-20-15;/h3-6,11-12,15,17H,7-10H2,1-2H3;1H. The zero-order valence-electron chi connectivity index (χ0n) is 12.5. The van der Waals surface area contributed by atoms with Crippen LogP contribution in [0.5, 0.6) is 0 Å². The molecule has 1 aromatic carbocycles. The number of fused-ring (bicyclic) bond motifs is 1. The maximum atomic E-state index is 12.8. The van der Waals surface area contributed by atoms with Crippen LogP contribution >= 0.6 is 12.4 Å². The van der Waals surface area contributed by atoms with E-state index >= 15 is 0 Å². The largest absolute Gasteiger partial charge is 0.363 e. The lowest BCUT2D eigenvalue weighted by atomic mass is 9.96. The Morgan fingerprint density at radius 2 is 1.90 bits per heavy atom. The molecule has 116 valence electrons. The smallest absolute Gasteiger partial charge is 0.256 e. The molecular weight excluding hydrogens is 288 g/mol. The van der Waals surface area contributed by atoms with Crippen molar-refractivity contribution in [1.29, 1.82) is 0 Å². The molecule has 0 spiro atoms. The van der Waals surface area contributed by atoms with E-state index < -0.39 is 6.10 Å². The summed E-state index contributed by atoms with van der Waals surface area (Å²) in [5, 5.41) is 3.45. The van der Waals surface area contributed by atoms with Gasteiger partial charge < -0.3 is 15.0 Å². The van der Waals surface area contributed by atoms with E-state index in [-0.39, 0.29) is 18.3 Å². The van der Waals surface area contributed by atoms with Crippen molar-refractivity contribution in [3.63, 3.8) is 0 Å². The van der Waals surface area contributed by atoms with E-state index in [0.717, 1.165) is 25.1 Å². The van der Waals surface area contributed by atoms with E-state index in [1.807, 2.05) is 23.1 Å². The molecule has 5 heteroatoms. The highest BCUT2D eigenvalue weighted by molar-refractivity contribution is 5.85. The minimum Gasteiger partial charge on any atom is -0.363 e. The quantitative estimate of drug-likeness (QED) is 0.862. The summed E-state index contributed by atoms with van der Waals surface area (Å²) >= 11 is 0. The van der Waals surface area contributed by atoms with Crippen LogP contribution in [0.4, 0.5) is 0 Å². The van der Waals surface area contributed by atoms with E-state index in [9.17, 15) is 4.79 Å². The first-order chi connectivity index (χ1) is 9.65. The summed E-state index contributed by atoms with van der Waals surface area (Å²) in [4.78, 5) is 14.7. The lowest BCUT2D eigenvalue weighted by molar-refractivity contribution is -0.147. The first-order valence-corrected chi connectivity index (χ1v) is 7.39. The number of piperazine rings is 1. The van der Waals surface area contributed by atoms with Crippen LogP contribution in [0.15, 0.2) is 24.3 Å². The van der Waals surface area contributed by atoms with Crippen molar-refractivity contribution in [2.45, 2.75) is 38.5 Å². The minimum absolute atomic E-state index is 0. The topological polar surface area (TPSA) is 41.6 Å². The third-order valence-corrected chi connectivity index (χ3v) is 4.09. The van der Waals surface area contributed by atoms with Crippen LogP contribution in [0.25, 0.3) is 0 Å². The molecular formula is C16H23ClN2O2. The number of carbonyl (C=O) groups excluding carboxylic acids is 1. The average molecular weight is 311 g/mol. The summed E-state index contributed by atoms with van der Waals surface area (Å²) in [7, 11) is 0. The second kappa shape index (κ2) is 6.77. The van der Waals surface area contributed by atoms with Crippen molar-refractivity contribution in [2.75, 3.05) is 19.7 Å². The maximum absolute atomic E-state index is 12.8. The van der Waals surface area contributed by atoms with E-state index in [0.29, 0.717) is 18.7 Å². The molecule has 2 aliphatic heterocycles. The molecule has 1 N–H and O–H groups in total. The van der Waals surface area contributed by atoms with Crippen LogP contribution in [-0.2, 0) is 16.0 Å².